The molecule has 0 spiro atoms. The molecule has 0 aliphatic rings. The molecule has 0 rings (SSSR count). The molecule has 2 amide bonds. The van der Waals surface area contributed by atoms with Crippen LogP contribution in [0.15, 0.2) is 0 Å². The first-order valence-corrected chi connectivity index (χ1v) is 9.23. The van der Waals surface area contributed by atoms with E-state index in [4.69, 9.17) is 5.11 Å². The molecule has 0 saturated carbocycles. The quantitative estimate of drug-likeness (QED) is 0.396. The number of aliphatic carboxylic acids is 1. The van der Waals surface area contributed by atoms with E-state index in [1.165, 1.54) is 0 Å². The summed E-state index contributed by atoms with van der Waals surface area (Å²) in [4.78, 5) is 33.6. The Labute approximate surface area is 145 Å². The van der Waals surface area contributed by atoms with Gasteiger partial charge in [0.1, 0.15) is 5.78 Å². The van der Waals surface area contributed by atoms with Crippen molar-refractivity contribution >= 4 is 17.8 Å². The minimum atomic E-state index is -0.854. The third kappa shape index (κ3) is 15.3. The van der Waals surface area contributed by atoms with Crippen molar-refractivity contribution in [2.75, 3.05) is 6.54 Å². The van der Waals surface area contributed by atoms with Crippen LogP contribution in [-0.4, -0.2) is 35.5 Å². The second-order valence-corrected chi connectivity index (χ2v) is 6.39. The maximum Gasteiger partial charge on any atom is 0.314 e. The van der Waals surface area contributed by atoms with E-state index in [1.54, 1.807) is 6.92 Å². The fourth-order valence-corrected chi connectivity index (χ4v) is 2.39. The van der Waals surface area contributed by atoms with Gasteiger partial charge in [-0.1, -0.05) is 32.6 Å². The number of carbonyl (C=O) groups is 3. The predicted molar refractivity (Wildman–Crippen MR) is 95.1 cm³/mol. The summed E-state index contributed by atoms with van der Waals surface area (Å²) < 4.78 is 0. The third-order valence-corrected chi connectivity index (χ3v) is 3.90. The number of carbonyl (C=O) groups excluding carboxylic acids is 2. The first-order valence-electron chi connectivity index (χ1n) is 9.23. The SMILES string of the molecule is CCCCCC(=O)CCCCCCNC(=O)NC(C)CCC(=O)O. The summed E-state index contributed by atoms with van der Waals surface area (Å²) in [7, 11) is 0. The molecule has 0 aliphatic heterocycles. The van der Waals surface area contributed by atoms with Crippen LogP contribution in [0.2, 0.25) is 0 Å². The average molecular weight is 342 g/mol. The van der Waals surface area contributed by atoms with Gasteiger partial charge in [0.2, 0.25) is 0 Å². The Morgan fingerprint density at radius 3 is 2.17 bits per heavy atom. The van der Waals surface area contributed by atoms with Crippen LogP contribution in [0.25, 0.3) is 0 Å². The summed E-state index contributed by atoms with van der Waals surface area (Å²) in [5.74, 6) is -0.482. The van der Waals surface area contributed by atoms with E-state index < -0.39 is 5.97 Å². The maximum atomic E-state index is 11.6. The molecule has 1 unspecified atom stereocenters. The lowest BCUT2D eigenvalue weighted by Gasteiger charge is -2.13. The van der Waals surface area contributed by atoms with Crippen molar-refractivity contribution in [2.24, 2.45) is 0 Å². The number of Topliss-reactive ketones (excluding diaryl/α,β-unsaturated/α-hetero) is 1. The van der Waals surface area contributed by atoms with Crippen molar-refractivity contribution < 1.29 is 19.5 Å². The maximum absolute atomic E-state index is 11.6. The van der Waals surface area contributed by atoms with Crippen LogP contribution >= 0.6 is 0 Å². The third-order valence-electron chi connectivity index (χ3n) is 3.90. The molecule has 24 heavy (non-hydrogen) atoms. The van der Waals surface area contributed by atoms with Crippen molar-refractivity contribution in [2.45, 2.75) is 90.5 Å². The molecule has 0 saturated heterocycles. The van der Waals surface area contributed by atoms with Crippen molar-refractivity contribution in [3.63, 3.8) is 0 Å². The molecule has 0 fully saturated rings. The number of carboxylic acids is 1. The Kier molecular flexibility index (Phi) is 14.0. The van der Waals surface area contributed by atoms with Crippen LogP contribution in [-0.2, 0) is 9.59 Å². The van der Waals surface area contributed by atoms with Gasteiger partial charge in [0.05, 0.1) is 0 Å². The highest BCUT2D eigenvalue weighted by atomic mass is 16.4. The average Bonchev–Trinajstić information content (AvgIpc) is 2.52. The van der Waals surface area contributed by atoms with E-state index in [9.17, 15) is 14.4 Å². The number of unbranched alkanes of at least 4 members (excludes halogenated alkanes) is 5. The fourth-order valence-electron chi connectivity index (χ4n) is 2.39. The van der Waals surface area contributed by atoms with Gasteiger partial charge < -0.3 is 15.7 Å². The smallest absolute Gasteiger partial charge is 0.314 e. The van der Waals surface area contributed by atoms with Crippen molar-refractivity contribution in [1.82, 2.24) is 10.6 Å². The Morgan fingerprint density at radius 1 is 0.917 bits per heavy atom. The molecule has 0 heterocycles. The molecule has 1 atom stereocenters. The van der Waals surface area contributed by atoms with E-state index in [0.717, 1.165) is 51.4 Å². The number of carboxylic acid groups (broad SMARTS) is 1. The number of ketones is 1. The molecule has 0 bridgehead atoms. The molecule has 6 nitrogen and oxygen atoms in total. The lowest BCUT2D eigenvalue weighted by Crippen LogP contribution is -2.41. The molecule has 140 valence electrons. The van der Waals surface area contributed by atoms with Crippen LogP contribution in [0.1, 0.15) is 84.5 Å². The molecule has 0 aromatic carbocycles. The summed E-state index contributed by atoms with van der Waals surface area (Å²) >= 11 is 0. The first-order chi connectivity index (χ1) is 11.5. The van der Waals surface area contributed by atoms with E-state index >= 15 is 0 Å². The molecular weight excluding hydrogens is 308 g/mol. The zero-order valence-corrected chi connectivity index (χ0v) is 15.2. The number of hydrogen-bond acceptors (Lipinski definition) is 3. The highest BCUT2D eigenvalue weighted by molar-refractivity contribution is 5.78. The Balaban J connectivity index is 3.44. The molecule has 0 radical (unpaired) electrons. The Bertz CT molecular complexity index is 372. The first kappa shape index (κ1) is 22.4. The van der Waals surface area contributed by atoms with Gasteiger partial charge in [0.25, 0.3) is 0 Å². The number of rotatable bonds is 15. The van der Waals surface area contributed by atoms with Crippen molar-refractivity contribution in [1.29, 1.82) is 0 Å². The summed E-state index contributed by atoms with van der Waals surface area (Å²) in [5, 5.41) is 14.1. The number of hydrogen-bond donors (Lipinski definition) is 3. The van der Waals surface area contributed by atoms with E-state index in [2.05, 4.69) is 17.6 Å². The second-order valence-electron chi connectivity index (χ2n) is 6.39. The molecule has 6 heteroatoms. The number of nitrogens with one attached hydrogen (secondary N) is 2. The van der Waals surface area contributed by atoms with Crippen LogP contribution in [0.5, 0.6) is 0 Å². The highest BCUT2D eigenvalue weighted by Crippen LogP contribution is 2.07. The van der Waals surface area contributed by atoms with Gasteiger partial charge in [-0.2, -0.15) is 0 Å². The molecule has 0 aliphatic carbocycles. The monoisotopic (exact) mass is 342 g/mol. The summed E-state index contributed by atoms with van der Waals surface area (Å²) in [6.45, 7) is 4.53. The van der Waals surface area contributed by atoms with Crippen LogP contribution < -0.4 is 10.6 Å². The van der Waals surface area contributed by atoms with Gasteiger partial charge in [-0.3, -0.25) is 9.59 Å². The molecular formula is C18H34N2O4. The van der Waals surface area contributed by atoms with E-state index in [0.29, 0.717) is 25.2 Å². The van der Waals surface area contributed by atoms with E-state index in [-0.39, 0.29) is 18.5 Å². The summed E-state index contributed by atoms with van der Waals surface area (Å²) in [6.07, 6.45) is 9.00. The molecule has 0 aromatic rings. The molecule has 3 N–H and O–H groups in total. The zero-order valence-electron chi connectivity index (χ0n) is 15.2. The van der Waals surface area contributed by atoms with Gasteiger partial charge in [-0.05, 0) is 32.6 Å². The Morgan fingerprint density at radius 2 is 1.54 bits per heavy atom. The van der Waals surface area contributed by atoms with Crippen LogP contribution in [0.3, 0.4) is 0 Å². The van der Waals surface area contributed by atoms with E-state index in [1.807, 2.05) is 0 Å². The lowest BCUT2D eigenvalue weighted by molar-refractivity contribution is -0.137. The summed E-state index contributed by atoms with van der Waals surface area (Å²) in [5.41, 5.74) is 0. The summed E-state index contributed by atoms with van der Waals surface area (Å²) in [6, 6.07) is -0.404. The lowest BCUT2D eigenvalue weighted by atomic mass is 10.1. The van der Waals surface area contributed by atoms with Crippen molar-refractivity contribution in [3.05, 3.63) is 0 Å². The fraction of sp³-hybridized carbons (Fsp3) is 0.833. The largest absolute Gasteiger partial charge is 0.481 e. The molecule has 0 aromatic heterocycles. The predicted octanol–water partition coefficient (Wildman–Crippen LogP) is 3.64. The van der Waals surface area contributed by atoms with Gasteiger partial charge in [0, 0.05) is 31.8 Å². The van der Waals surface area contributed by atoms with Gasteiger partial charge in [-0.25, -0.2) is 4.79 Å². The standard InChI is InChI=1S/C18H34N2O4/c1-3-4-7-10-16(21)11-8-5-6-9-14-19-18(24)20-15(2)12-13-17(22)23/h15H,3-14H2,1-2H3,(H,22,23)(H2,19,20,24). The second kappa shape index (κ2) is 15.0. The minimum Gasteiger partial charge on any atom is -0.481 e. The van der Waals surface area contributed by atoms with Gasteiger partial charge >= 0.3 is 12.0 Å². The minimum absolute atomic E-state index is 0.0542. The van der Waals surface area contributed by atoms with Crippen LogP contribution in [0.4, 0.5) is 4.79 Å². The van der Waals surface area contributed by atoms with Gasteiger partial charge in [-0.15, -0.1) is 0 Å². The van der Waals surface area contributed by atoms with Crippen molar-refractivity contribution in [3.8, 4) is 0 Å². The zero-order chi connectivity index (χ0) is 18.2. The van der Waals surface area contributed by atoms with Gasteiger partial charge in [0.15, 0.2) is 0 Å². The number of amides is 2. The normalized spacial score (nSPS) is 11.8. The van der Waals surface area contributed by atoms with Crippen LogP contribution in [0, 0.1) is 0 Å². The highest BCUT2D eigenvalue weighted by Gasteiger charge is 2.08. The number of urea groups is 1. The Hall–Kier alpha value is -1.59. The topological polar surface area (TPSA) is 95.5 Å².